The van der Waals surface area contributed by atoms with Crippen molar-refractivity contribution in [1.82, 2.24) is 4.57 Å². The highest BCUT2D eigenvalue weighted by Crippen LogP contribution is 2.36. The quantitative estimate of drug-likeness (QED) is 0.906. The Kier molecular flexibility index (Phi) is 3.25. The fraction of sp³-hybridized carbons (Fsp3) is 0.250. The summed E-state index contributed by atoms with van der Waals surface area (Å²) in [5, 5.41) is 11.8. The molecule has 3 rings (SSSR count). The van der Waals surface area contributed by atoms with Gasteiger partial charge in [-0.05, 0) is 55.7 Å². The first-order chi connectivity index (χ1) is 10.1. The third kappa shape index (κ3) is 2.67. The second kappa shape index (κ2) is 5.09. The molecule has 0 aliphatic heterocycles. The zero-order chi connectivity index (χ0) is 15.0. The Morgan fingerprint density at radius 1 is 1.29 bits per heavy atom. The van der Waals surface area contributed by atoms with E-state index in [1.165, 1.54) is 6.07 Å². The van der Waals surface area contributed by atoms with Gasteiger partial charge in [0.2, 0.25) is 0 Å². The average molecular weight is 284 g/mol. The topological polar surface area (TPSA) is 71.3 Å². The van der Waals surface area contributed by atoms with Crippen molar-refractivity contribution < 1.29 is 14.7 Å². The minimum Gasteiger partial charge on any atom is -0.478 e. The Morgan fingerprint density at radius 3 is 2.67 bits per heavy atom. The maximum absolute atomic E-state index is 12.4. The molecule has 1 aliphatic rings. The van der Waals surface area contributed by atoms with Crippen LogP contribution in [0.25, 0.3) is 0 Å². The van der Waals surface area contributed by atoms with Crippen molar-refractivity contribution >= 4 is 17.6 Å². The number of benzene rings is 1. The molecule has 0 bridgehead atoms. The number of aromatic nitrogens is 1. The van der Waals surface area contributed by atoms with Crippen molar-refractivity contribution in [3.05, 3.63) is 53.3 Å². The first-order valence-electron chi connectivity index (χ1n) is 6.88. The summed E-state index contributed by atoms with van der Waals surface area (Å²) in [6, 6.07) is 8.78. The lowest BCUT2D eigenvalue weighted by molar-refractivity contribution is 0.0696. The van der Waals surface area contributed by atoms with Gasteiger partial charge in [0, 0.05) is 17.9 Å². The van der Waals surface area contributed by atoms with E-state index in [1.807, 2.05) is 16.8 Å². The normalized spacial score (nSPS) is 14.0. The Labute approximate surface area is 122 Å². The third-order valence-corrected chi connectivity index (χ3v) is 3.67. The van der Waals surface area contributed by atoms with Gasteiger partial charge in [-0.15, -0.1) is 0 Å². The Hall–Kier alpha value is -2.56. The number of nitrogens with zero attached hydrogens (tertiary/aromatic N) is 1. The molecule has 1 fully saturated rings. The largest absolute Gasteiger partial charge is 0.478 e. The number of anilines is 1. The number of nitrogens with one attached hydrogen (secondary N) is 1. The minimum absolute atomic E-state index is 0.168. The van der Waals surface area contributed by atoms with E-state index in [0.717, 1.165) is 18.4 Å². The van der Waals surface area contributed by atoms with E-state index in [0.29, 0.717) is 17.4 Å². The Morgan fingerprint density at radius 2 is 2.05 bits per heavy atom. The molecular weight excluding hydrogens is 268 g/mol. The van der Waals surface area contributed by atoms with E-state index in [2.05, 4.69) is 5.32 Å². The van der Waals surface area contributed by atoms with Crippen molar-refractivity contribution in [2.45, 2.75) is 25.8 Å². The van der Waals surface area contributed by atoms with Crippen LogP contribution < -0.4 is 5.32 Å². The highest BCUT2D eigenvalue weighted by molar-refractivity contribution is 6.04. The van der Waals surface area contributed by atoms with Crippen LogP contribution in [0.15, 0.2) is 36.5 Å². The molecule has 1 aromatic carbocycles. The minimum atomic E-state index is -0.974. The predicted octanol–water partition coefficient (Wildman–Crippen LogP) is 3.08. The van der Waals surface area contributed by atoms with Gasteiger partial charge < -0.3 is 15.0 Å². The van der Waals surface area contributed by atoms with Crippen LogP contribution in [0.3, 0.4) is 0 Å². The molecule has 0 spiro atoms. The molecule has 2 N–H and O–H groups in total. The van der Waals surface area contributed by atoms with E-state index < -0.39 is 5.97 Å². The summed E-state index contributed by atoms with van der Waals surface area (Å²) in [6.45, 7) is 1.78. The van der Waals surface area contributed by atoms with Gasteiger partial charge >= 0.3 is 5.97 Å². The third-order valence-electron chi connectivity index (χ3n) is 3.67. The summed E-state index contributed by atoms with van der Waals surface area (Å²) in [7, 11) is 0. The molecule has 1 heterocycles. The zero-order valence-electron chi connectivity index (χ0n) is 11.7. The van der Waals surface area contributed by atoms with Crippen LogP contribution in [0.4, 0.5) is 5.69 Å². The van der Waals surface area contributed by atoms with Crippen molar-refractivity contribution in [1.29, 1.82) is 0 Å². The van der Waals surface area contributed by atoms with Gasteiger partial charge in [0.05, 0.1) is 5.56 Å². The lowest BCUT2D eigenvalue weighted by atomic mass is 10.1. The maximum atomic E-state index is 12.4. The van der Waals surface area contributed by atoms with Gasteiger partial charge in [0.25, 0.3) is 5.91 Å². The first kappa shape index (κ1) is 13.4. The summed E-state index contributed by atoms with van der Waals surface area (Å²) in [4.78, 5) is 23.3. The van der Waals surface area contributed by atoms with Gasteiger partial charge in [-0.25, -0.2) is 4.79 Å². The fourth-order valence-electron chi connectivity index (χ4n) is 2.38. The van der Waals surface area contributed by atoms with E-state index in [9.17, 15) is 9.59 Å². The molecule has 5 heteroatoms. The van der Waals surface area contributed by atoms with Gasteiger partial charge in [-0.3, -0.25) is 4.79 Å². The summed E-state index contributed by atoms with van der Waals surface area (Å²) in [5.74, 6) is -1.14. The van der Waals surface area contributed by atoms with Gasteiger partial charge in [-0.1, -0.05) is 0 Å². The van der Waals surface area contributed by atoms with E-state index >= 15 is 0 Å². The van der Waals surface area contributed by atoms with Gasteiger partial charge in [-0.2, -0.15) is 0 Å². The highest BCUT2D eigenvalue weighted by Gasteiger charge is 2.26. The van der Waals surface area contributed by atoms with Crippen molar-refractivity contribution in [2.75, 3.05) is 5.32 Å². The number of aromatic carboxylic acids is 1. The Bertz CT molecular complexity index is 714. The van der Waals surface area contributed by atoms with Crippen LogP contribution in [0.2, 0.25) is 0 Å². The number of hydrogen-bond donors (Lipinski definition) is 2. The smallest absolute Gasteiger partial charge is 0.335 e. The molecule has 1 aliphatic carbocycles. The summed E-state index contributed by atoms with van der Waals surface area (Å²) in [6.07, 6.45) is 4.15. The summed E-state index contributed by atoms with van der Waals surface area (Å²) < 4.78 is 2.00. The van der Waals surface area contributed by atoms with E-state index in [1.54, 1.807) is 25.1 Å². The number of amides is 1. The first-order valence-corrected chi connectivity index (χ1v) is 6.88. The van der Waals surface area contributed by atoms with Crippen LogP contribution in [0, 0.1) is 6.92 Å². The van der Waals surface area contributed by atoms with Gasteiger partial charge in [0.1, 0.15) is 5.69 Å². The molecule has 0 radical (unpaired) electrons. The molecular formula is C16H16N2O3. The van der Waals surface area contributed by atoms with Crippen LogP contribution in [0.1, 0.15) is 45.3 Å². The molecule has 0 atom stereocenters. The molecule has 1 saturated carbocycles. The molecule has 2 aromatic rings. The predicted molar refractivity (Wildman–Crippen MR) is 78.8 cm³/mol. The monoisotopic (exact) mass is 284 g/mol. The van der Waals surface area contributed by atoms with E-state index in [4.69, 9.17) is 5.11 Å². The number of carbonyl (C=O) groups excluding carboxylic acids is 1. The number of carboxylic acid groups (broad SMARTS) is 1. The molecule has 1 amide bonds. The van der Waals surface area contributed by atoms with Crippen LogP contribution in [-0.2, 0) is 0 Å². The fourth-order valence-corrected chi connectivity index (χ4v) is 2.38. The SMILES string of the molecule is Cc1cc(C(=O)O)ccc1NC(=O)c1cccn1C1CC1. The lowest BCUT2D eigenvalue weighted by Crippen LogP contribution is -2.17. The van der Waals surface area contributed by atoms with E-state index in [-0.39, 0.29) is 11.5 Å². The van der Waals surface area contributed by atoms with Crippen molar-refractivity contribution in [3.63, 3.8) is 0 Å². The zero-order valence-corrected chi connectivity index (χ0v) is 11.7. The lowest BCUT2D eigenvalue weighted by Gasteiger charge is -2.11. The molecule has 21 heavy (non-hydrogen) atoms. The van der Waals surface area contributed by atoms with Crippen LogP contribution in [-0.4, -0.2) is 21.6 Å². The Balaban J connectivity index is 1.81. The van der Waals surface area contributed by atoms with Crippen LogP contribution >= 0.6 is 0 Å². The second-order valence-electron chi connectivity index (χ2n) is 5.32. The molecule has 5 nitrogen and oxygen atoms in total. The standard InChI is InChI=1S/C16H16N2O3/c1-10-9-11(16(20)21)4-7-13(10)17-15(19)14-3-2-8-18(14)12-5-6-12/h2-4,7-9,12H,5-6H2,1H3,(H,17,19)(H,20,21). The molecule has 0 saturated heterocycles. The summed E-state index contributed by atoms with van der Waals surface area (Å²) in [5.41, 5.74) is 2.22. The van der Waals surface area contributed by atoms with Crippen molar-refractivity contribution in [2.24, 2.45) is 0 Å². The van der Waals surface area contributed by atoms with Crippen LogP contribution in [0.5, 0.6) is 0 Å². The maximum Gasteiger partial charge on any atom is 0.335 e. The number of carboxylic acids is 1. The van der Waals surface area contributed by atoms with Crippen molar-refractivity contribution in [3.8, 4) is 0 Å². The second-order valence-corrected chi connectivity index (χ2v) is 5.32. The molecule has 108 valence electrons. The number of aryl methyl sites for hydroxylation is 1. The highest BCUT2D eigenvalue weighted by atomic mass is 16.4. The summed E-state index contributed by atoms with van der Waals surface area (Å²) >= 11 is 0. The number of hydrogen-bond acceptors (Lipinski definition) is 2. The molecule has 0 unspecified atom stereocenters. The average Bonchev–Trinajstić information content (AvgIpc) is 3.17. The number of carbonyl (C=O) groups is 2. The van der Waals surface area contributed by atoms with Gasteiger partial charge in [0.15, 0.2) is 0 Å². The molecule has 1 aromatic heterocycles. The number of rotatable bonds is 4.